The fraction of sp³-hybridized carbons (Fsp3) is 0.167. The molecule has 0 bridgehead atoms. The second-order valence-electron chi connectivity index (χ2n) is 5.61. The molecule has 132 valence electrons. The largest absolute Gasteiger partial charge is 0.459 e. The number of carbonyl (C=O) groups is 2. The Kier molecular flexibility index (Phi) is 5.05. The fourth-order valence-corrected chi connectivity index (χ4v) is 5.10. The summed E-state index contributed by atoms with van der Waals surface area (Å²) in [6.45, 7) is 0.120. The maximum Gasteiger partial charge on any atom is 0.307 e. The van der Waals surface area contributed by atoms with E-state index in [1.807, 2.05) is 46.5 Å². The number of fused-ring (bicyclic) bond motifs is 1. The summed E-state index contributed by atoms with van der Waals surface area (Å²) < 4.78 is 5.31. The van der Waals surface area contributed by atoms with Crippen molar-refractivity contribution in [2.24, 2.45) is 0 Å². The van der Waals surface area contributed by atoms with Crippen LogP contribution in [0.2, 0.25) is 0 Å². The number of carbonyl (C=O) groups excluding carboxylic acids is 2. The van der Waals surface area contributed by atoms with Crippen LogP contribution in [0.5, 0.6) is 0 Å². The molecule has 0 fully saturated rings. The summed E-state index contributed by atoms with van der Waals surface area (Å²) in [5, 5.41) is 9.19. The summed E-state index contributed by atoms with van der Waals surface area (Å²) in [6.07, 6.45) is 0.0341. The van der Waals surface area contributed by atoms with Gasteiger partial charge in [-0.15, -0.1) is 23.1 Å². The van der Waals surface area contributed by atoms with E-state index in [1.165, 1.54) is 23.1 Å². The van der Waals surface area contributed by atoms with Crippen molar-refractivity contribution in [1.82, 2.24) is 4.98 Å². The Hall–Kier alpha value is -2.16. The molecule has 0 saturated carbocycles. The molecule has 1 N–H and O–H groups in total. The SMILES string of the molecule is O=C(C[C@H]1Sc2ccccc2NC1=O)OCc1csc(-c2ccsc2)n1. The van der Waals surface area contributed by atoms with Crippen molar-refractivity contribution in [3.63, 3.8) is 0 Å². The third-order valence-corrected chi connectivity index (χ3v) is 6.66. The molecule has 1 aromatic carbocycles. The Morgan fingerprint density at radius 2 is 2.12 bits per heavy atom. The number of thiophene rings is 1. The second kappa shape index (κ2) is 7.61. The third kappa shape index (κ3) is 3.82. The predicted octanol–water partition coefficient (Wildman–Crippen LogP) is 4.42. The van der Waals surface area contributed by atoms with Gasteiger partial charge in [0, 0.05) is 21.2 Å². The van der Waals surface area contributed by atoms with Gasteiger partial charge in [0.25, 0.3) is 0 Å². The number of para-hydroxylation sites is 1. The summed E-state index contributed by atoms with van der Waals surface area (Å²) in [4.78, 5) is 29.7. The summed E-state index contributed by atoms with van der Waals surface area (Å²) in [5.74, 6) is -0.568. The standard InChI is InChI=1S/C18H14N2O3S3/c21-16(7-15-17(22)20-13-3-1-2-4-14(13)26-15)23-8-12-10-25-18(19-12)11-5-6-24-9-11/h1-6,9-10,15H,7-8H2,(H,20,22)/t15-/m1/s1. The number of ether oxygens (including phenoxy) is 1. The number of hydrogen-bond acceptors (Lipinski definition) is 7. The van der Waals surface area contributed by atoms with Gasteiger partial charge in [-0.3, -0.25) is 9.59 Å². The molecule has 4 rings (SSSR count). The Labute approximate surface area is 162 Å². The lowest BCUT2D eigenvalue weighted by atomic mass is 10.2. The molecule has 26 heavy (non-hydrogen) atoms. The van der Waals surface area contributed by atoms with Crippen molar-refractivity contribution >= 4 is 52.0 Å². The lowest BCUT2D eigenvalue weighted by Crippen LogP contribution is -2.31. The van der Waals surface area contributed by atoms with E-state index in [4.69, 9.17) is 4.74 Å². The molecule has 1 aliphatic rings. The number of anilines is 1. The molecular weight excluding hydrogens is 388 g/mol. The van der Waals surface area contributed by atoms with E-state index in [-0.39, 0.29) is 18.9 Å². The molecule has 8 heteroatoms. The minimum atomic E-state index is -0.478. The van der Waals surface area contributed by atoms with Crippen molar-refractivity contribution in [2.75, 3.05) is 5.32 Å². The maximum absolute atomic E-state index is 12.2. The van der Waals surface area contributed by atoms with Crippen LogP contribution in [0.1, 0.15) is 12.1 Å². The van der Waals surface area contributed by atoms with E-state index in [2.05, 4.69) is 10.3 Å². The molecular formula is C18H14N2O3S3. The van der Waals surface area contributed by atoms with E-state index in [0.717, 1.165) is 26.8 Å². The average Bonchev–Trinajstić information content (AvgIpc) is 3.32. The molecule has 1 amide bonds. The summed E-state index contributed by atoms with van der Waals surface area (Å²) in [7, 11) is 0. The number of hydrogen-bond donors (Lipinski definition) is 1. The average molecular weight is 403 g/mol. The van der Waals surface area contributed by atoms with E-state index >= 15 is 0 Å². The highest BCUT2D eigenvalue weighted by Gasteiger charge is 2.29. The van der Waals surface area contributed by atoms with Gasteiger partial charge in [-0.2, -0.15) is 11.3 Å². The van der Waals surface area contributed by atoms with Gasteiger partial charge in [-0.1, -0.05) is 12.1 Å². The van der Waals surface area contributed by atoms with Crippen LogP contribution in [-0.2, 0) is 20.9 Å². The van der Waals surface area contributed by atoms with Gasteiger partial charge in [0.15, 0.2) is 0 Å². The monoisotopic (exact) mass is 402 g/mol. The normalized spacial score (nSPS) is 16.0. The first kappa shape index (κ1) is 17.3. The molecule has 1 atom stereocenters. The summed E-state index contributed by atoms with van der Waals surface area (Å²) >= 11 is 4.53. The number of amides is 1. The lowest BCUT2D eigenvalue weighted by molar-refractivity contribution is -0.145. The van der Waals surface area contributed by atoms with E-state index in [1.54, 1.807) is 11.3 Å². The van der Waals surface area contributed by atoms with Crippen LogP contribution in [-0.4, -0.2) is 22.1 Å². The minimum Gasteiger partial charge on any atom is -0.459 e. The van der Waals surface area contributed by atoms with Crippen LogP contribution in [0.3, 0.4) is 0 Å². The summed E-state index contributed by atoms with van der Waals surface area (Å²) in [5.41, 5.74) is 2.58. The van der Waals surface area contributed by atoms with E-state index in [0.29, 0.717) is 0 Å². The zero-order valence-electron chi connectivity index (χ0n) is 13.5. The predicted molar refractivity (Wildman–Crippen MR) is 105 cm³/mol. The molecule has 0 unspecified atom stereocenters. The smallest absolute Gasteiger partial charge is 0.307 e. The van der Waals surface area contributed by atoms with Gasteiger partial charge in [-0.25, -0.2) is 4.98 Å². The Balaban J connectivity index is 1.33. The third-order valence-electron chi connectivity index (χ3n) is 3.76. The Bertz CT molecular complexity index is 937. The number of thioether (sulfide) groups is 1. The number of nitrogens with zero attached hydrogens (tertiary/aromatic N) is 1. The number of aromatic nitrogens is 1. The summed E-state index contributed by atoms with van der Waals surface area (Å²) in [6, 6.07) is 9.57. The molecule has 0 spiro atoms. The van der Waals surface area contributed by atoms with Crippen molar-refractivity contribution in [3.8, 4) is 10.6 Å². The quantitative estimate of drug-likeness (QED) is 0.640. The topological polar surface area (TPSA) is 68.3 Å². The molecule has 0 radical (unpaired) electrons. The molecule has 0 aliphatic carbocycles. The zero-order valence-corrected chi connectivity index (χ0v) is 16.0. The number of thiazole rings is 1. The van der Waals surface area contributed by atoms with Gasteiger partial charge < -0.3 is 10.1 Å². The highest BCUT2D eigenvalue weighted by molar-refractivity contribution is 8.01. The van der Waals surface area contributed by atoms with Crippen LogP contribution < -0.4 is 5.32 Å². The van der Waals surface area contributed by atoms with Gasteiger partial charge in [0.05, 0.1) is 23.1 Å². The number of esters is 1. The van der Waals surface area contributed by atoms with Crippen molar-refractivity contribution in [1.29, 1.82) is 0 Å². The number of rotatable bonds is 5. The Morgan fingerprint density at radius 3 is 2.96 bits per heavy atom. The van der Waals surface area contributed by atoms with E-state index in [9.17, 15) is 9.59 Å². The van der Waals surface area contributed by atoms with Crippen molar-refractivity contribution < 1.29 is 14.3 Å². The fourth-order valence-electron chi connectivity index (χ4n) is 2.48. The van der Waals surface area contributed by atoms with Crippen LogP contribution in [0.25, 0.3) is 10.6 Å². The molecule has 1 aliphatic heterocycles. The van der Waals surface area contributed by atoms with Crippen molar-refractivity contribution in [2.45, 2.75) is 23.2 Å². The molecule has 5 nitrogen and oxygen atoms in total. The molecule has 0 saturated heterocycles. The van der Waals surface area contributed by atoms with Crippen LogP contribution in [0.15, 0.2) is 51.4 Å². The minimum absolute atomic E-state index is 0.0341. The lowest BCUT2D eigenvalue weighted by Gasteiger charge is -2.23. The van der Waals surface area contributed by atoms with Crippen molar-refractivity contribution in [3.05, 3.63) is 52.2 Å². The Morgan fingerprint density at radius 1 is 1.23 bits per heavy atom. The van der Waals surface area contributed by atoms with Gasteiger partial charge in [0.1, 0.15) is 11.6 Å². The van der Waals surface area contributed by atoms with Gasteiger partial charge >= 0.3 is 5.97 Å². The first-order valence-electron chi connectivity index (χ1n) is 7.88. The van der Waals surface area contributed by atoms with Crippen LogP contribution in [0.4, 0.5) is 5.69 Å². The van der Waals surface area contributed by atoms with Crippen LogP contribution >= 0.6 is 34.4 Å². The highest BCUT2D eigenvalue weighted by atomic mass is 32.2. The maximum atomic E-state index is 12.2. The first-order valence-corrected chi connectivity index (χ1v) is 10.6. The van der Waals surface area contributed by atoms with E-state index < -0.39 is 11.2 Å². The zero-order chi connectivity index (χ0) is 17.9. The number of benzene rings is 1. The first-order chi connectivity index (χ1) is 12.7. The highest BCUT2D eigenvalue weighted by Crippen LogP contribution is 2.36. The van der Waals surface area contributed by atoms with Gasteiger partial charge in [0.2, 0.25) is 5.91 Å². The molecule has 2 aromatic heterocycles. The second-order valence-corrected chi connectivity index (χ2v) is 8.50. The molecule has 3 heterocycles. The molecule has 3 aromatic rings. The van der Waals surface area contributed by atoms with Crippen LogP contribution in [0, 0.1) is 0 Å². The van der Waals surface area contributed by atoms with Gasteiger partial charge in [-0.05, 0) is 23.6 Å². The number of nitrogens with one attached hydrogen (secondary N) is 1.